The van der Waals surface area contributed by atoms with Crippen molar-refractivity contribution in [3.8, 4) is 0 Å². The summed E-state index contributed by atoms with van der Waals surface area (Å²) in [7, 11) is 2.13. The van der Waals surface area contributed by atoms with E-state index < -0.39 is 0 Å². The highest BCUT2D eigenvalue weighted by atomic mass is 16.3. The molecule has 0 aliphatic heterocycles. The van der Waals surface area contributed by atoms with Crippen molar-refractivity contribution >= 4 is 0 Å². The van der Waals surface area contributed by atoms with Crippen LogP contribution in [0.4, 0.5) is 0 Å². The maximum absolute atomic E-state index is 5.69. The largest absolute Gasteiger partial charge is 0.465 e. The maximum atomic E-state index is 5.69. The SMILES string of the molecule is CCc1ccc(CN(C)CCNCC(C)C)o1. The zero-order valence-corrected chi connectivity index (χ0v) is 11.6. The summed E-state index contributed by atoms with van der Waals surface area (Å²) in [5.41, 5.74) is 0. The molecule has 0 aliphatic carbocycles. The highest BCUT2D eigenvalue weighted by molar-refractivity contribution is 5.06. The number of hydrogen-bond acceptors (Lipinski definition) is 3. The molecule has 1 rings (SSSR count). The molecule has 17 heavy (non-hydrogen) atoms. The molecular weight excluding hydrogens is 212 g/mol. The molecule has 0 aromatic carbocycles. The van der Waals surface area contributed by atoms with E-state index >= 15 is 0 Å². The van der Waals surface area contributed by atoms with Crippen LogP contribution in [0, 0.1) is 5.92 Å². The third-order valence-corrected chi connectivity index (χ3v) is 2.71. The van der Waals surface area contributed by atoms with E-state index in [0.29, 0.717) is 0 Å². The van der Waals surface area contributed by atoms with Gasteiger partial charge >= 0.3 is 0 Å². The van der Waals surface area contributed by atoms with Crippen molar-refractivity contribution in [1.29, 1.82) is 0 Å². The highest BCUT2D eigenvalue weighted by Gasteiger charge is 2.04. The van der Waals surface area contributed by atoms with Crippen molar-refractivity contribution in [2.24, 2.45) is 5.92 Å². The fraction of sp³-hybridized carbons (Fsp3) is 0.714. The van der Waals surface area contributed by atoms with Gasteiger partial charge in [0.15, 0.2) is 0 Å². The minimum absolute atomic E-state index is 0.720. The van der Waals surface area contributed by atoms with E-state index in [0.717, 1.165) is 50.0 Å². The van der Waals surface area contributed by atoms with E-state index in [4.69, 9.17) is 4.42 Å². The van der Waals surface area contributed by atoms with Gasteiger partial charge in [-0.15, -0.1) is 0 Å². The van der Waals surface area contributed by atoms with Gasteiger partial charge in [0.25, 0.3) is 0 Å². The molecule has 98 valence electrons. The second kappa shape index (κ2) is 7.51. The van der Waals surface area contributed by atoms with Crippen LogP contribution in [0.3, 0.4) is 0 Å². The zero-order valence-electron chi connectivity index (χ0n) is 11.6. The van der Waals surface area contributed by atoms with Crippen LogP contribution in [-0.2, 0) is 13.0 Å². The van der Waals surface area contributed by atoms with Crippen molar-refractivity contribution in [3.63, 3.8) is 0 Å². The summed E-state index contributed by atoms with van der Waals surface area (Å²) in [6.45, 7) is 10.6. The number of nitrogens with zero attached hydrogens (tertiary/aromatic N) is 1. The Morgan fingerprint density at radius 3 is 2.59 bits per heavy atom. The van der Waals surface area contributed by atoms with E-state index in [-0.39, 0.29) is 0 Å². The lowest BCUT2D eigenvalue weighted by Gasteiger charge is -2.16. The predicted molar refractivity (Wildman–Crippen MR) is 72.1 cm³/mol. The minimum Gasteiger partial charge on any atom is -0.465 e. The number of likely N-dealkylation sites (N-methyl/N-ethyl adjacent to an activating group) is 1. The second-order valence-corrected chi connectivity index (χ2v) is 5.06. The molecule has 0 spiro atoms. The molecule has 1 heterocycles. The molecule has 3 nitrogen and oxygen atoms in total. The Bertz CT molecular complexity index is 307. The van der Waals surface area contributed by atoms with E-state index in [1.54, 1.807) is 0 Å². The van der Waals surface area contributed by atoms with Gasteiger partial charge in [0, 0.05) is 19.5 Å². The van der Waals surface area contributed by atoms with Gasteiger partial charge in [-0.05, 0) is 31.6 Å². The maximum Gasteiger partial charge on any atom is 0.118 e. The molecule has 1 aromatic rings. The fourth-order valence-electron chi connectivity index (χ4n) is 1.70. The van der Waals surface area contributed by atoms with Crippen LogP contribution in [0.2, 0.25) is 0 Å². The van der Waals surface area contributed by atoms with Crippen LogP contribution in [0.1, 0.15) is 32.3 Å². The lowest BCUT2D eigenvalue weighted by atomic mass is 10.2. The van der Waals surface area contributed by atoms with Crippen LogP contribution in [0.15, 0.2) is 16.5 Å². The van der Waals surface area contributed by atoms with Crippen LogP contribution in [0.25, 0.3) is 0 Å². The summed E-state index contributed by atoms with van der Waals surface area (Å²) in [6.07, 6.45) is 0.972. The summed E-state index contributed by atoms with van der Waals surface area (Å²) in [5, 5.41) is 3.45. The molecule has 0 fully saturated rings. The van der Waals surface area contributed by atoms with Gasteiger partial charge in [-0.2, -0.15) is 0 Å². The molecule has 0 saturated carbocycles. The summed E-state index contributed by atoms with van der Waals surface area (Å²) in [6, 6.07) is 4.15. The summed E-state index contributed by atoms with van der Waals surface area (Å²) >= 11 is 0. The Morgan fingerprint density at radius 2 is 2.00 bits per heavy atom. The Kier molecular flexibility index (Phi) is 6.30. The molecule has 0 aliphatic rings. The van der Waals surface area contributed by atoms with Gasteiger partial charge in [-0.3, -0.25) is 4.90 Å². The predicted octanol–water partition coefficient (Wildman–Crippen LogP) is 2.52. The normalized spacial score (nSPS) is 11.6. The van der Waals surface area contributed by atoms with Gasteiger partial charge in [-0.1, -0.05) is 20.8 Å². The van der Waals surface area contributed by atoms with Crippen LogP contribution in [-0.4, -0.2) is 31.6 Å². The van der Waals surface area contributed by atoms with Crippen molar-refractivity contribution < 1.29 is 4.42 Å². The third-order valence-electron chi connectivity index (χ3n) is 2.71. The molecule has 0 saturated heterocycles. The molecule has 0 atom stereocenters. The van der Waals surface area contributed by atoms with E-state index in [2.05, 4.69) is 50.2 Å². The Hall–Kier alpha value is -0.800. The molecule has 0 bridgehead atoms. The Labute approximate surface area is 105 Å². The molecule has 0 amide bonds. The molecule has 1 aromatic heterocycles. The fourth-order valence-corrected chi connectivity index (χ4v) is 1.70. The van der Waals surface area contributed by atoms with Crippen molar-refractivity contribution in [1.82, 2.24) is 10.2 Å². The quantitative estimate of drug-likeness (QED) is 0.705. The van der Waals surface area contributed by atoms with Crippen LogP contribution >= 0.6 is 0 Å². The van der Waals surface area contributed by atoms with Crippen molar-refractivity contribution in [3.05, 3.63) is 23.7 Å². The first-order chi connectivity index (χ1) is 8.11. The highest BCUT2D eigenvalue weighted by Crippen LogP contribution is 2.09. The van der Waals surface area contributed by atoms with Crippen molar-refractivity contribution in [2.75, 3.05) is 26.7 Å². The minimum atomic E-state index is 0.720. The smallest absolute Gasteiger partial charge is 0.118 e. The van der Waals surface area contributed by atoms with Gasteiger partial charge in [0.1, 0.15) is 11.5 Å². The van der Waals surface area contributed by atoms with Gasteiger partial charge in [0.05, 0.1) is 6.54 Å². The third kappa shape index (κ3) is 5.89. The number of aryl methyl sites for hydroxylation is 1. The van der Waals surface area contributed by atoms with Crippen LogP contribution in [0.5, 0.6) is 0 Å². The molecule has 0 radical (unpaired) electrons. The summed E-state index contributed by atoms with van der Waals surface area (Å²) in [5.74, 6) is 2.86. The number of furan rings is 1. The first kappa shape index (κ1) is 14.3. The van der Waals surface area contributed by atoms with E-state index in [1.807, 2.05) is 0 Å². The lowest BCUT2D eigenvalue weighted by Crippen LogP contribution is -2.30. The number of rotatable bonds is 8. The molecule has 0 unspecified atom stereocenters. The average molecular weight is 238 g/mol. The first-order valence-corrected chi connectivity index (χ1v) is 6.58. The van der Waals surface area contributed by atoms with Gasteiger partial charge < -0.3 is 9.73 Å². The number of nitrogens with one attached hydrogen (secondary N) is 1. The Balaban J connectivity index is 2.18. The van der Waals surface area contributed by atoms with E-state index in [1.165, 1.54) is 0 Å². The zero-order chi connectivity index (χ0) is 12.7. The van der Waals surface area contributed by atoms with Gasteiger partial charge in [0.2, 0.25) is 0 Å². The summed E-state index contributed by atoms with van der Waals surface area (Å²) < 4.78 is 5.69. The topological polar surface area (TPSA) is 28.4 Å². The molecule has 1 N–H and O–H groups in total. The average Bonchev–Trinajstić information content (AvgIpc) is 2.72. The molecule has 3 heteroatoms. The van der Waals surface area contributed by atoms with Gasteiger partial charge in [-0.25, -0.2) is 0 Å². The standard InChI is InChI=1S/C14H26N2O/c1-5-13-6-7-14(17-13)11-16(4)9-8-15-10-12(2)3/h6-7,12,15H,5,8-11H2,1-4H3. The lowest BCUT2D eigenvalue weighted by molar-refractivity contribution is 0.288. The summed E-state index contributed by atoms with van der Waals surface area (Å²) in [4.78, 5) is 2.28. The van der Waals surface area contributed by atoms with E-state index in [9.17, 15) is 0 Å². The van der Waals surface area contributed by atoms with Crippen LogP contribution < -0.4 is 5.32 Å². The monoisotopic (exact) mass is 238 g/mol. The molecular formula is C14H26N2O. The second-order valence-electron chi connectivity index (χ2n) is 5.06. The first-order valence-electron chi connectivity index (χ1n) is 6.58. The number of hydrogen-bond donors (Lipinski definition) is 1. The van der Waals surface area contributed by atoms with Crippen molar-refractivity contribution in [2.45, 2.75) is 33.7 Å². The Morgan fingerprint density at radius 1 is 1.29 bits per heavy atom.